The zero-order valence-corrected chi connectivity index (χ0v) is 23.5. The summed E-state index contributed by atoms with van der Waals surface area (Å²) in [5.74, 6) is 1.08. The molecule has 0 fully saturated rings. The molecule has 1 aliphatic carbocycles. The van der Waals surface area contributed by atoms with E-state index in [2.05, 4.69) is 10.5 Å². The number of carbonyl (C=O) groups excluding carboxylic acids is 1. The number of thioether (sulfide) groups is 1. The Morgan fingerprint density at radius 2 is 1.85 bits per heavy atom. The van der Waals surface area contributed by atoms with E-state index in [1.54, 1.807) is 35.1 Å². The molecule has 9 nitrogen and oxygen atoms in total. The third-order valence-corrected chi connectivity index (χ3v) is 8.56. The number of methoxy groups -OCH3 is 3. The largest absolute Gasteiger partial charge is 0.493 e. The van der Waals surface area contributed by atoms with E-state index >= 15 is 0 Å². The summed E-state index contributed by atoms with van der Waals surface area (Å²) in [6.45, 7) is 0. The number of aromatic nitrogens is 2. The third-order valence-electron chi connectivity index (χ3n) is 6.43. The van der Waals surface area contributed by atoms with E-state index in [9.17, 15) is 9.59 Å². The average molecular weight is 565 g/mol. The number of ether oxygens (including phenoxy) is 3. The Labute approximate surface area is 233 Å². The molecule has 0 atom stereocenters. The highest BCUT2D eigenvalue weighted by Gasteiger charge is 2.23. The summed E-state index contributed by atoms with van der Waals surface area (Å²) in [5, 5.41) is 5.26. The molecular weight excluding hydrogens is 536 g/mol. The van der Waals surface area contributed by atoms with Crippen LogP contribution in [0.1, 0.15) is 28.8 Å². The lowest BCUT2D eigenvalue weighted by Crippen LogP contribution is -2.24. The van der Waals surface area contributed by atoms with Gasteiger partial charge in [0.05, 0.1) is 44.4 Å². The Hall–Kier alpha value is -3.83. The van der Waals surface area contributed by atoms with E-state index < -0.39 is 0 Å². The van der Waals surface area contributed by atoms with Crippen LogP contribution >= 0.6 is 23.1 Å². The molecule has 0 radical (unpaired) electrons. The van der Waals surface area contributed by atoms with Crippen molar-refractivity contribution in [1.82, 2.24) is 15.0 Å². The van der Waals surface area contributed by atoms with E-state index in [0.717, 1.165) is 36.1 Å². The molecule has 0 saturated carbocycles. The molecule has 0 spiro atoms. The van der Waals surface area contributed by atoms with Gasteiger partial charge in [0, 0.05) is 10.4 Å². The second-order valence-electron chi connectivity index (χ2n) is 8.77. The van der Waals surface area contributed by atoms with Crippen LogP contribution in [0.3, 0.4) is 0 Å². The first-order chi connectivity index (χ1) is 19.0. The fraction of sp³-hybridized carbons (Fsp3) is 0.286. The third kappa shape index (κ3) is 5.37. The van der Waals surface area contributed by atoms with Crippen LogP contribution in [0.15, 0.2) is 57.5 Å². The van der Waals surface area contributed by atoms with Crippen LogP contribution in [0.4, 0.5) is 0 Å². The van der Waals surface area contributed by atoms with Crippen molar-refractivity contribution in [2.75, 3.05) is 27.1 Å². The number of aryl methyl sites for hydroxylation is 2. The van der Waals surface area contributed by atoms with Crippen LogP contribution in [0, 0.1) is 0 Å². The van der Waals surface area contributed by atoms with Crippen LogP contribution in [-0.2, 0) is 17.6 Å². The molecule has 1 N–H and O–H groups in total. The van der Waals surface area contributed by atoms with Gasteiger partial charge < -0.3 is 14.2 Å². The minimum absolute atomic E-state index is 0.0241. The maximum atomic E-state index is 13.8. The summed E-state index contributed by atoms with van der Waals surface area (Å²) in [5.41, 5.74) is 4.91. The highest BCUT2D eigenvalue weighted by Crippen LogP contribution is 2.39. The lowest BCUT2D eigenvalue weighted by Gasteiger charge is -2.14. The summed E-state index contributed by atoms with van der Waals surface area (Å²) >= 11 is 2.80. The Morgan fingerprint density at radius 1 is 1.08 bits per heavy atom. The van der Waals surface area contributed by atoms with Gasteiger partial charge in [-0.1, -0.05) is 30.0 Å². The number of para-hydroxylation sites is 1. The number of rotatable bonds is 9. The van der Waals surface area contributed by atoms with Crippen molar-refractivity contribution in [1.29, 1.82) is 0 Å². The molecular formula is C28H28N4O5S2. The maximum absolute atomic E-state index is 13.8. The predicted octanol–water partition coefficient (Wildman–Crippen LogP) is 4.59. The highest BCUT2D eigenvalue weighted by molar-refractivity contribution is 7.99. The van der Waals surface area contributed by atoms with E-state index in [0.29, 0.717) is 39.0 Å². The molecule has 5 rings (SSSR count). The monoisotopic (exact) mass is 564 g/mol. The van der Waals surface area contributed by atoms with Crippen LogP contribution in [-0.4, -0.2) is 48.8 Å². The van der Waals surface area contributed by atoms with E-state index in [1.165, 1.54) is 37.1 Å². The zero-order chi connectivity index (χ0) is 27.4. The van der Waals surface area contributed by atoms with Crippen molar-refractivity contribution < 1.29 is 19.0 Å². The first kappa shape index (κ1) is 26.8. The van der Waals surface area contributed by atoms with E-state index in [1.807, 2.05) is 30.3 Å². The van der Waals surface area contributed by atoms with Gasteiger partial charge >= 0.3 is 0 Å². The van der Waals surface area contributed by atoms with E-state index in [4.69, 9.17) is 19.2 Å². The second kappa shape index (κ2) is 11.9. The molecule has 1 amide bonds. The fourth-order valence-electron chi connectivity index (χ4n) is 4.65. The number of nitrogens with zero attached hydrogens (tertiary/aromatic N) is 3. The number of hydrogen-bond acceptors (Lipinski definition) is 9. The SMILES string of the molecule is COc1ccc(C=NNC(=O)CSc2nc3sc4c(c3c(=O)n2-c2ccccc2)CCCC4)c(OC)c1OC. The van der Waals surface area contributed by atoms with Crippen molar-refractivity contribution >= 4 is 45.4 Å². The first-order valence-corrected chi connectivity index (χ1v) is 14.2. The van der Waals surface area contributed by atoms with Crippen LogP contribution in [0.25, 0.3) is 15.9 Å². The van der Waals surface area contributed by atoms with Crippen molar-refractivity contribution in [2.24, 2.45) is 5.10 Å². The Bertz CT molecular complexity index is 1600. The molecule has 2 aromatic carbocycles. The van der Waals surface area contributed by atoms with Gasteiger partial charge in [0.2, 0.25) is 5.75 Å². The standard InChI is InChI=1S/C28H28N4O5S2/c1-35-20-14-13-17(24(36-2)25(20)37-3)15-29-31-22(33)16-38-28-30-26-23(19-11-7-8-12-21(19)39-26)27(34)32(28)18-9-5-4-6-10-18/h4-6,9-10,13-15H,7-8,11-12,16H2,1-3H3,(H,31,33). The Balaban J connectivity index is 1.38. The fourth-order valence-corrected chi connectivity index (χ4v) is 6.76. The second-order valence-corrected chi connectivity index (χ2v) is 10.8. The van der Waals surface area contributed by atoms with Gasteiger partial charge in [0.15, 0.2) is 16.7 Å². The summed E-state index contributed by atoms with van der Waals surface area (Å²) < 4.78 is 17.8. The maximum Gasteiger partial charge on any atom is 0.267 e. The van der Waals surface area contributed by atoms with Gasteiger partial charge in [0.1, 0.15) is 4.83 Å². The average Bonchev–Trinajstić information content (AvgIpc) is 3.34. The number of carbonyl (C=O) groups is 1. The smallest absolute Gasteiger partial charge is 0.267 e. The molecule has 202 valence electrons. The number of fused-ring (bicyclic) bond motifs is 3. The summed E-state index contributed by atoms with van der Waals surface area (Å²) in [6, 6.07) is 12.9. The van der Waals surface area contributed by atoms with Crippen LogP contribution in [0.5, 0.6) is 17.2 Å². The molecule has 4 aromatic rings. The molecule has 39 heavy (non-hydrogen) atoms. The van der Waals surface area contributed by atoms with Crippen molar-refractivity contribution in [3.8, 4) is 22.9 Å². The van der Waals surface area contributed by atoms with Crippen LogP contribution < -0.4 is 25.2 Å². The molecule has 2 heterocycles. The molecule has 0 aliphatic heterocycles. The van der Waals surface area contributed by atoms with Crippen molar-refractivity contribution in [3.63, 3.8) is 0 Å². The van der Waals surface area contributed by atoms with Crippen molar-refractivity contribution in [2.45, 2.75) is 30.8 Å². The first-order valence-electron chi connectivity index (χ1n) is 12.4. The lowest BCUT2D eigenvalue weighted by molar-refractivity contribution is -0.118. The summed E-state index contributed by atoms with van der Waals surface area (Å²) in [4.78, 5) is 33.3. The number of hydrazone groups is 1. The normalized spacial score (nSPS) is 12.9. The molecule has 0 bridgehead atoms. The molecule has 11 heteroatoms. The predicted molar refractivity (Wildman–Crippen MR) is 154 cm³/mol. The lowest BCUT2D eigenvalue weighted by atomic mass is 9.97. The number of thiophene rings is 1. The van der Waals surface area contributed by atoms with Crippen molar-refractivity contribution in [3.05, 3.63) is 68.8 Å². The van der Waals surface area contributed by atoms with Gasteiger partial charge in [-0.05, 0) is 55.5 Å². The minimum Gasteiger partial charge on any atom is -0.493 e. The number of amides is 1. The van der Waals surface area contributed by atoms with Crippen LogP contribution in [0.2, 0.25) is 0 Å². The quantitative estimate of drug-likeness (QED) is 0.137. The molecule has 0 unspecified atom stereocenters. The number of nitrogens with one attached hydrogen (secondary N) is 1. The Morgan fingerprint density at radius 3 is 2.59 bits per heavy atom. The van der Waals surface area contributed by atoms with Gasteiger partial charge in [-0.25, -0.2) is 10.4 Å². The van der Waals surface area contributed by atoms with Gasteiger partial charge in [-0.15, -0.1) is 11.3 Å². The number of hydrogen-bond donors (Lipinski definition) is 1. The van der Waals surface area contributed by atoms with Gasteiger partial charge in [-0.3, -0.25) is 14.2 Å². The molecule has 2 aromatic heterocycles. The minimum atomic E-state index is -0.338. The summed E-state index contributed by atoms with van der Waals surface area (Å²) in [7, 11) is 4.58. The van der Waals surface area contributed by atoms with Gasteiger partial charge in [-0.2, -0.15) is 5.10 Å². The highest BCUT2D eigenvalue weighted by atomic mass is 32.2. The zero-order valence-electron chi connectivity index (χ0n) is 21.9. The summed E-state index contributed by atoms with van der Waals surface area (Å²) in [6.07, 6.45) is 5.57. The molecule has 1 aliphatic rings. The number of benzene rings is 2. The molecule has 0 saturated heterocycles. The van der Waals surface area contributed by atoms with E-state index in [-0.39, 0.29) is 17.2 Å². The van der Waals surface area contributed by atoms with Gasteiger partial charge in [0.25, 0.3) is 11.5 Å². The topological polar surface area (TPSA) is 104 Å². The Kier molecular flexibility index (Phi) is 8.18.